The fraction of sp³-hybridized carbons (Fsp3) is 0.400. The van der Waals surface area contributed by atoms with Crippen molar-refractivity contribution in [2.75, 3.05) is 5.88 Å². The van der Waals surface area contributed by atoms with Crippen molar-refractivity contribution in [3.8, 4) is 0 Å². The quantitative estimate of drug-likeness (QED) is 0.600. The van der Waals surface area contributed by atoms with E-state index in [0.717, 1.165) is 12.0 Å². The predicted octanol–water partition coefficient (Wildman–Crippen LogP) is 4.28. The van der Waals surface area contributed by atoms with Crippen molar-refractivity contribution >= 4 is 23.6 Å². The van der Waals surface area contributed by atoms with E-state index in [4.69, 9.17) is 16.3 Å². The van der Waals surface area contributed by atoms with Gasteiger partial charge in [-0.25, -0.2) is 4.79 Å². The zero-order valence-electron chi connectivity index (χ0n) is 11.1. The number of benzene rings is 1. The van der Waals surface area contributed by atoms with E-state index in [0.29, 0.717) is 11.4 Å². The molecule has 0 saturated carbocycles. The summed E-state index contributed by atoms with van der Waals surface area (Å²) in [7, 11) is 0. The average Bonchev–Trinajstić information content (AvgIpc) is 2.27. The normalized spacial score (nSPS) is 11.8. The van der Waals surface area contributed by atoms with Crippen LogP contribution in [0.1, 0.15) is 43.1 Å². The number of rotatable bonds is 4. The summed E-state index contributed by atoms with van der Waals surface area (Å²) >= 11 is 5.60. The third-order valence-corrected chi connectivity index (χ3v) is 2.33. The van der Waals surface area contributed by atoms with Crippen LogP contribution in [0.2, 0.25) is 0 Å². The molecule has 0 aliphatic carbocycles. The molecule has 0 unspecified atom stereocenters. The van der Waals surface area contributed by atoms with E-state index in [9.17, 15) is 4.79 Å². The van der Waals surface area contributed by atoms with Crippen molar-refractivity contribution in [3.05, 3.63) is 41.5 Å². The molecule has 3 heteroatoms. The van der Waals surface area contributed by atoms with E-state index in [1.165, 1.54) is 0 Å². The molecule has 0 aromatic heterocycles. The Morgan fingerprint density at radius 3 is 2.72 bits per heavy atom. The molecule has 0 saturated heterocycles. The van der Waals surface area contributed by atoms with Gasteiger partial charge in [-0.05, 0) is 44.9 Å². The summed E-state index contributed by atoms with van der Waals surface area (Å²) in [5, 5.41) is 0. The molecule has 98 valence electrons. The average molecular weight is 267 g/mol. The molecule has 1 aromatic rings. The van der Waals surface area contributed by atoms with Gasteiger partial charge in [0, 0.05) is 5.88 Å². The highest BCUT2D eigenvalue weighted by Gasteiger charge is 2.17. The highest BCUT2D eigenvalue weighted by molar-refractivity contribution is 6.17. The fourth-order valence-corrected chi connectivity index (χ4v) is 1.51. The highest BCUT2D eigenvalue weighted by Crippen LogP contribution is 2.14. The number of esters is 1. The summed E-state index contributed by atoms with van der Waals surface area (Å²) in [5.74, 6) is 0.303. The molecule has 0 spiro atoms. The molecule has 0 atom stereocenters. The maximum atomic E-state index is 11.9. The lowest BCUT2D eigenvalue weighted by Crippen LogP contribution is -2.23. The first-order valence-electron chi connectivity index (χ1n) is 5.98. The number of carbonyl (C=O) groups is 1. The van der Waals surface area contributed by atoms with Crippen molar-refractivity contribution in [1.82, 2.24) is 0 Å². The lowest BCUT2D eigenvalue weighted by atomic mass is 10.1. The molecule has 0 heterocycles. The lowest BCUT2D eigenvalue weighted by Gasteiger charge is -2.19. The summed E-state index contributed by atoms with van der Waals surface area (Å²) in [4.78, 5) is 11.9. The van der Waals surface area contributed by atoms with Crippen LogP contribution in [0.4, 0.5) is 0 Å². The van der Waals surface area contributed by atoms with E-state index in [1.54, 1.807) is 6.07 Å². The Kier molecular flexibility index (Phi) is 5.42. The van der Waals surface area contributed by atoms with Gasteiger partial charge < -0.3 is 4.74 Å². The van der Waals surface area contributed by atoms with Crippen LogP contribution in [0.5, 0.6) is 0 Å². The summed E-state index contributed by atoms with van der Waals surface area (Å²) in [6.45, 7) is 5.57. The van der Waals surface area contributed by atoms with Gasteiger partial charge in [0.1, 0.15) is 5.60 Å². The van der Waals surface area contributed by atoms with E-state index >= 15 is 0 Å². The summed E-state index contributed by atoms with van der Waals surface area (Å²) in [6.07, 6.45) is 4.76. The number of allylic oxidation sites excluding steroid dienone is 1. The smallest absolute Gasteiger partial charge is 0.338 e. The van der Waals surface area contributed by atoms with Crippen LogP contribution in [0, 0.1) is 0 Å². The molecular weight excluding hydrogens is 248 g/mol. The molecule has 2 nitrogen and oxygen atoms in total. The van der Waals surface area contributed by atoms with Gasteiger partial charge in [-0.3, -0.25) is 0 Å². The van der Waals surface area contributed by atoms with Gasteiger partial charge >= 0.3 is 5.97 Å². The maximum absolute atomic E-state index is 11.9. The molecule has 0 aliphatic heterocycles. The van der Waals surface area contributed by atoms with Gasteiger partial charge in [0.2, 0.25) is 0 Å². The molecular formula is C15H19ClO2. The summed E-state index contributed by atoms with van der Waals surface area (Å²) in [5.41, 5.74) is 1.07. The zero-order chi connectivity index (χ0) is 13.6. The van der Waals surface area contributed by atoms with Gasteiger partial charge in [0.25, 0.3) is 0 Å². The van der Waals surface area contributed by atoms with Crippen LogP contribution in [-0.4, -0.2) is 17.5 Å². The topological polar surface area (TPSA) is 26.3 Å². The van der Waals surface area contributed by atoms with Crippen LogP contribution in [0.15, 0.2) is 30.3 Å². The number of carbonyl (C=O) groups excluding carboxylic acids is 1. The number of halogens is 1. The van der Waals surface area contributed by atoms with Crippen molar-refractivity contribution in [1.29, 1.82) is 0 Å². The van der Waals surface area contributed by atoms with Gasteiger partial charge in [-0.1, -0.05) is 24.3 Å². The zero-order valence-corrected chi connectivity index (χ0v) is 11.8. The Hall–Kier alpha value is -1.28. The third-order valence-electron chi connectivity index (χ3n) is 2.11. The number of alkyl halides is 1. The minimum atomic E-state index is -0.471. The van der Waals surface area contributed by atoms with Gasteiger partial charge in [0.15, 0.2) is 0 Å². The van der Waals surface area contributed by atoms with E-state index in [1.807, 2.05) is 51.1 Å². The SMILES string of the molecule is CC(C)(C)OC(=O)c1cccc(C=CCCCl)c1. The summed E-state index contributed by atoms with van der Waals surface area (Å²) < 4.78 is 5.32. The molecule has 0 aliphatic rings. The molecule has 0 bridgehead atoms. The Morgan fingerprint density at radius 1 is 1.39 bits per heavy atom. The highest BCUT2D eigenvalue weighted by atomic mass is 35.5. The van der Waals surface area contributed by atoms with Crippen molar-refractivity contribution in [2.24, 2.45) is 0 Å². The molecule has 18 heavy (non-hydrogen) atoms. The maximum Gasteiger partial charge on any atom is 0.338 e. The molecule has 1 rings (SSSR count). The minimum Gasteiger partial charge on any atom is -0.456 e. The van der Waals surface area contributed by atoms with Crippen molar-refractivity contribution < 1.29 is 9.53 Å². The van der Waals surface area contributed by atoms with Crippen LogP contribution < -0.4 is 0 Å². The van der Waals surface area contributed by atoms with Gasteiger partial charge in [-0.2, -0.15) is 0 Å². The van der Waals surface area contributed by atoms with E-state index in [2.05, 4.69) is 0 Å². The van der Waals surface area contributed by atoms with Crippen LogP contribution in [0.3, 0.4) is 0 Å². The first-order chi connectivity index (χ1) is 8.42. The van der Waals surface area contributed by atoms with Crippen LogP contribution in [0.25, 0.3) is 6.08 Å². The summed E-state index contributed by atoms with van der Waals surface area (Å²) in [6, 6.07) is 7.37. The molecule has 0 N–H and O–H groups in total. The van der Waals surface area contributed by atoms with Crippen LogP contribution in [-0.2, 0) is 4.74 Å². The van der Waals surface area contributed by atoms with Crippen molar-refractivity contribution in [3.63, 3.8) is 0 Å². The van der Waals surface area contributed by atoms with E-state index < -0.39 is 5.60 Å². The fourth-order valence-electron chi connectivity index (χ4n) is 1.39. The van der Waals surface area contributed by atoms with Gasteiger partial charge in [-0.15, -0.1) is 11.6 Å². The molecule has 0 fully saturated rings. The Balaban J connectivity index is 2.78. The predicted molar refractivity (Wildman–Crippen MR) is 76.0 cm³/mol. The Labute approximate surface area is 114 Å². The van der Waals surface area contributed by atoms with Crippen LogP contribution >= 0.6 is 11.6 Å². The Bertz CT molecular complexity index is 430. The minimum absolute atomic E-state index is 0.296. The Morgan fingerprint density at radius 2 is 2.11 bits per heavy atom. The largest absolute Gasteiger partial charge is 0.456 e. The van der Waals surface area contributed by atoms with Crippen molar-refractivity contribution in [2.45, 2.75) is 32.8 Å². The second kappa shape index (κ2) is 6.60. The monoisotopic (exact) mass is 266 g/mol. The molecule has 1 aromatic carbocycles. The second-order valence-electron chi connectivity index (χ2n) is 5.01. The number of hydrogen-bond donors (Lipinski definition) is 0. The van der Waals surface area contributed by atoms with E-state index in [-0.39, 0.29) is 5.97 Å². The first-order valence-corrected chi connectivity index (χ1v) is 6.52. The second-order valence-corrected chi connectivity index (χ2v) is 5.39. The van der Waals surface area contributed by atoms with Gasteiger partial charge in [0.05, 0.1) is 5.56 Å². The third kappa shape index (κ3) is 5.37. The standard InChI is InChI=1S/C15H19ClO2/c1-15(2,3)18-14(17)13-9-6-8-12(11-13)7-4-5-10-16/h4,6-9,11H,5,10H2,1-3H3. The molecule has 0 amide bonds. The molecule has 0 radical (unpaired) electrons. The number of ether oxygens (including phenoxy) is 1. The lowest BCUT2D eigenvalue weighted by molar-refractivity contribution is 0.00695. The number of hydrogen-bond acceptors (Lipinski definition) is 2. The first kappa shape index (κ1) is 14.8.